The third-order valence-corrected chi connectivity index (χ3v) is 4.61. The first kappa shape index (κ1) is 16.8. The van der Waals surface area contributed by atoms with Crippen molar-refractivity contribution in [2.24, 2.45) is 5.92 Å². The lowest BCUT2D eigenvalue weighted by Gasteiger charge is -2.41. The first-order valence-corrected chi connectivity index (χ1v) is 8.56. The smallest absolute Gasteiger partial charge is 0.138 e. The highest BCUT2D eigenvalue weighted by Crippen LogP contribution is 2.38. The molecule has 118 valence electrons. The van der Waals surface area contributed by atoms with Gasteiger partial charge >= 0.3 is 0 Å². The zero-order chi connectivity index (χ0) is 16.0. The molecule has 2 aromatic carbocycles. The van der Waals surface area contributed by atoms with Crippen LogP contribution in [0.5, 0.6) is 0 Å². The second kappa shape index (κ2) is 7.60. The van der Waals surface area contributed by atoms with Gasteiger partial charge in [0.1, 0.15) is 11.4 Å². The maximum absolute atomic E-state index is 2.34. The number of nitrogens with zero attached hydrogens (tertiary/aromatic N) is 1. The fraction of sp³-hybridized carbons (Fsp3) is 0.429. The minimum absolute atomic E-state index is 0.511. The first-order chi connectivity index (χ1) is 10.6. The van der Waals surface area contributed by atoms with Crippen molar-refractivity contribution in [3.8, 4) is 0 Å². The molecule has 0 radical (unpaired) electrons. The Morgan fingerprint density at radius 2 is 1.18 bits per heavy atom. The lowest BCUT2D eigenvalue weighted by atomic mass is 10.0. The second-order valence-corrected chi connectivity index (χ2v) is 6.89. The van der Waals surface area contributed by atoms with Crippen LogP contribution in [0.4, 0.5) is 11.4 Å². The molecule has 0 bridgehead atoms. The van der Waals surface area contributed by atoms with E-state index in [4.69, 9.17) is 0 Å². The molecule has 0 heterocycles. The van der Waals surface area contributed by atoms with Crippen molar-refractivity contribution in [3.63, 3.8) is 0 Å². The van der Waals surface area contributed by atoms with E-state index in [2.05, 4.69) is 88.4 Å². The summed E-state index contributed by atoms with van der Waals surface area (Å²) in [6.07, 6.45) is 2.53. The SMILES string of the molecule is CC(C)CCC[N+](c1ccccc1)(c1ccccc1)C(C)C. The molecule has 0 amide bonds. The molecule has 0 spiro atoms. The van der Waals surface area contributed by atoms with Crippen LogP contribution in [0.15, 0.2) is 60.7 Å². The van der Waals surface area contributed by atoms with Gasteiger partial charge in [-0.1, -0.05) is 50.2 Å². The van der Waals surface area contributed by atoms with Crippen LogP contribution in [0.25, 0.3) is 0 Å². The number of quaternary nitrogens is 1. The zero-order valence-corrected chi connectivity index (χ0v) is 14.5. The van der Waals surface area contributed by atoms with Crippen molar-refractivity contribution in [2.45, 2.75) is 46.6 Å². The quantitative estimate of drug-likeness (QED) is 0.536. The van der Waals surface area contributed by atoms with Gasteiger partial charge in [-0.2, -0.15) is 0 Å². The zero-order valence-electron chi connectivity index (χ0n) is 14.5. The van der Waals surface area contributed by atoms with E-state index in [1.165, 1.54) is 24.2 Å². The van der Waals surface area contributed by atoms with Crippen LogP contribution in [0, 0.1) is 5.92 Å². The number of rotatable bonds is 7. The van der Waals surface area contributed by atoms with Gasteiger partial charge in [-0.25, -0.2) is 0 Å². The van der Waals surface area contributed by atoms with Crippen LogP contribution >= 0.6 is 0 Å². The minimum Gasteiger partial charge on any atom is -0.257 e. The Labute approximate surface area is 136 Å². The Kier molecular flexibility index (Phi) is 5.79. The average Bonchev–Trinajstić information content (AvgIpc) is 2.53. The fourth-order valence-corrected chi connectivity index (χ4v) is 3.40. The summed E-state index contributed by atoms with van der Waals surface area (Å²) >= 11 is 0. The van der Waals surface area contributed by atoms with Gasteiger partial charge in [0.25, 0.3) is 0 Å². The van der Waals surface area contributed by atoms with Crippen molar-refractivity contribution >= 4 is 11.4 Å². The number of para-hydroxylation sites is 2. The fourth-order valence-electron chi connectivity index (χ4n) is 3.40. The summed E-state index contributed by atoms with van der Waals surface area (Å²) in [5, 5.41) is 0. The monoisotopic (exact) mass is 296 g/mol. The van der Waals surface area contributed by atoms with E-state index in [0.717, 1.165) is 16.9 Å². The number of hydrogen-bond donors (Lipinski definition) is 0. The van der Waals surface area contributed by atoms with E-state index in [1.807, 2.05) is 0 Å². The predicted octanol–water partition coefficient (Wildman–Crippen LogP) is 6.17. The molecule has 1 nitrogen and oxygen atoms in total. The Hall–Kier alpha value is -1.60. The molecular formula is C21H30N+. The Morgan fingerprint density at radius 3 is 1.55 bits per heavy atom. The molecule has 0 saturated heterocycles. The van der Waals surface area contributed by atoms with Crippen molar-refractivity contribution in [1.82, 2.24) is 4.48 Å². The standard InChI is InChI=1S/C21H30N/c1-18(2)12-11-17-22(19(3)4,20-13-7-5-8-14-20)21-15-9-6-10-16-21/h5-10,13-16,18-19H,11-12,17H2,1-4H3/q+1. The molecule has 0 fully saturated rings. The molecule has 0 aliphatic carbocycles. The molecule has 0 aliphatic rings. The van der Waals surface area contributed by atoms with Crippen molar-refractivity contribution in [3.05, 3.63) is 60.7 Å². The maximum atomic E-state index is 2.34. The van der Waals surface area contributed by atoms with Crippen molar-refractivity contribution in [1.29, 1.82) is 0 Å². The van der Waals surface area contributed by atoms with E-state index in [1.54, 1.807) is 0 Å². The van der Waals surface area contributed by atoms with Gasteiger partial charge in [-0.05, 0) is 56.9 Å². The lowest BCUT2D eigenvalue weighted by molar-refractivity contribution is 0.304. The van der Waals surface area contributed by atoms with Gasteiger partial charge in [0.05, 0.1) is 12.6 Å². The highest BCUT2D eigenvalue weighted by molar-refractivity contribution is 5.59. The third-order valence-electron chi connectivity index (χ3n) is 4.61. The van der Waals surface area contributed by atoms with Crippen LogP contribution in [-0.4, -0.2) is 12.6 Å². The molecule has 22 heavy (non-hydrogen) atoms. The van der Waals surface area contributed by atoms with Gasteiger partial charge in [0, 0.05) is 0 Å². The van der Waals surface area contributed by atoms with Crippen LogP contribution in [-0.2, 0) is 0 Å². The maximum Gasteiger partial charge on any atom is 0.138 e. The minimum atomic E-state index is 0.511. The van der Waals surface area contributed by atoms with E-state index in [-0.39, 0.29) is 0 Å². The second-order valence-electron chi connectivity index (χ2n) is 6.89. The predicted molar refractivity (Wildman–Crippen MR) is 98.4 cm³/mol. The van der Waals surface area contributed by atoms with Gasteiger partial charge in [0.15, 0.2) is 0 Å². The summed E-state index contributed by atoms with van der Waals surface area (Å²) in [6, 6.07) is 22.5. The summed E-state index contributed by atoms with van der Waals surface area (Å²) in [7, 11) is 0. The number of hydrogen-bond acceptors (Lipinski definition) is 0. The highest BCUT2D eigenvalue weighted by atomic mass is 15.4. The molecule has 1 heteroatoms. The molecule has 0 saturated carbocycles. The summed E-state index contributed by atoms with van der Waals surface area (Å²) in [5.74, 6) is 0.764. The van der Waals surface area contributed by atoms with Crippen LogP contribution in [0.2, 0.25) is 0 Å². The Morgan fingerprint density at radius 1 is 0.727 bits per heavy atom. The van der Waals surface area contributed by atoms with Gasteiger partial charge in [-0.3, -0.25) is 4.48 Å². The van der Waals surface area contributed by atoms with Gasteiger partial charge < -0.3 is 0 Å². The lowest BCUT2D eigenvalue weighted by Crippen LogP contribution is -2.50. The molecule has 0 N–H and O–H groups in total. The molecular weight excluding hydrogens is 266 g/mol. The van der Waals surface area contributed by atoms with Crippen molar-refractivity contribution in [2.75, 3.05) is 6.54 Å². The van der Waals surface area contributed by atoms with E-state index >= 15 is 0 Å². The number of benzene rings is 2. The summed E-state index contributed by atoms with van der Waals surface area (Å²) < 4.78 is 0.939. The topological polar surface area (TPSA) is 0 Å². The summed E-state index contributed by atoms with van der Waals surface area (Å²) in [4.78, 5) is 0. The van der Waals surface area contributed by atoms with E-state index in [9.17, 15) is 0 Å². The van der Waals surface area contributed by atoms with E-state index in [0.29, 0.717) is 6.04 Å². The average molecular weight is 296 g/mol. The van der Waals surface area contributed by atoms with Gasteiger partial charge in [-0.15, -0.1) is 0 Å². The van der Waals surface area contributed by atoms with Crippen LogP contribution in [0.1, 0.15) is 40.5 Å². The van der Waals surface area contributed by atoms with Gasteiger partial charge in [0.2, 0.25) is 0 Å². The molecule has 2 rings (SSSR count). The first-order valence-electron chi connectivity index (χ1n) is 8.56. The highest BCUT2D eigenvalue weighted by Gasteiger charge is 2.36. The molecule has 0 aromatic heterocycles. The third kappa shape index (κ3) is 3.59. The molecule has 0 unspecified atom stereocenters. The van der Waals surface area contributed by atoms with Crippen LogP contribution in [0.3, 0.4) is 0 Å². The van der Waals surface area contributed by atoms with Crippen molar-refractivity contribution < 1.29 is 0 Å². The summed E-state index contributed by atoms with van der Waals surface area (Å²) in [6.45, 7) is 10.5. The normalized spacial score (nSPS) is 12.1. The van der Waals surface area contributed by atoms with E-state index < -0.39 is 0 Å². The Bertz CT molecular complexity index is 503. The molecule has 0 atom stereocenters. The largest absolute Gasteiger partial charge is 0.257 e. The summed E-state index contributed by atoms with van der Waals surface area (Å²) in [5.41, 5.74) is 2.79. The Balaban J connectivity index is 2.46. The van der Waals surface area contributed by atoms with Crippen LogP contribution < -0.4 is 4.48 Å². The molecule has 2 aromatic rings. The molecule has 0 aliphatic heterocycles.